The Hall–Kier alpha value is -1.14. The molecular weight excluding hydrogens is 268 g/mol. The van der Waals surface area contributed by atoms with E-state index in [1.807, 2.05) is 9.80 Å². The van der Waals surface area contributed by atoms with Crippen LogP contribution in [0.4, 0.5) is 0 Å². The maximum Gasteiger partial charge on any atom is 0.240 e. The molecule has 2 heterocycles. The van der Waals surface area contributed by atoms with Crippen LogP contribution in [0, 0.1) is 0 Å². The highest BCUT2D eigenvalue weighted by atomic mass is 16.2. The van der Waals surface area contributed by atoms with Crippen molar-refractivity contribution in [3.63, 3.8) is 0 Å². The van der Waals surface area contributed by atoms with Gasteiger partial charge in [-0.25, -0.2) is 0 Å². The molecule has 0 bridgehead atoms. The number of likely N-dealkylation sites (N-methyl/N-ethyl adjacent to an activating group) is 1. The summed E-state index contributed by atoms with van der Waals surface area (Å²) in [6, 6.07) is 0.106. The number of piperazine rings is 1. The Morgan fingerprint density at radius 2 is 2.00 bits per heavy atom. The van der Waals surface area contributed by atoms with E-state index < -0.39 is 0 Å². The van der Waals surface area contributed by atoms with E-state index in [4.69, 9.17) is 0 Å². The topological polar surface area (TPSA) is 55.9 Å². The van der Waals surface area contributed by atoms with E-state index in [0.29, 0.717) is 19.1 Å². The van der Waals surface area contributed by atoms with Gasteiger partial charge in [-0.15, -0.1) is 0 Å². The SMILES string of the molecule is CC1CCCCN1C(=O)CN1CCNCC1C(=O)N(C)C. The second-order valence-corrected chi connectivity index (χ2v) is 6.35. The van der Waals surface area contributed by atoms with Crippen LogP contribution >= 0.6 is 0 Å². The molecule has 21 heavy (non-hydrogen) atoms. The highest BCUT2D eigenvalue weighted by molar-refractivity contribution is 5.84. The number of rotatable bonds is 3. The Balaban J connectivity index is 1.98. The fourth-order valence-electron chi connectivity index (χ4n) is 3.21. The van der Waals surface area contributed by atoms with Crippen molar-refractivity contribution in [3.8, 4) is 0 Å². The number of hydrogen-bond donors (Lipinski definition) is 1. The first-order chi connectivity index (χ1) is 10.0. The molecule has 2 aliphatic rings. The monoisotopic (exact) mass is 296 g/mol. The molecule has 120 valence electrons. The van der Waals surface area contributed by atoms with Gasteiger partial charge in [-0.05, 0) is 26.2 Å². The molecule has 0 radical (unpaired) electrons. The van der Waals surface area contributed by atoms with Crippen molar-refractivity contribution in [1.29, 1.82) is 0 Å². The lowest BCUT2D eigenvalue weighted by Crippen LogP contribution is -2.60. The fourth-order valence-corrected chi connectivity index (χ4v) is 3.21. The first-order valence-corrected chi connectivity index (χ1v) is 7.96. The van der Waals surface area contributed by atoms with Crippen LogP contribution in [-0.4, -0.2) is 85.4 Å². The van der Waals surface area contributed by atoms with Crippen LogP contribution in [0.25, 0.3) is 0 Å². The van der Waals surface area contributed by atoms with E-state index in [9.17, 15) is 9.59 Å². The van der Waals surface area contributed by atoms with Gasteiger partial charge < -0.3 is 15.1 Å². The molecule has 6 nitrogen and oxygen atoms in total. The molecule has 0 aromatic heterocycles. The molecule has 0 aromatic rings. The molecule has 1 N–H and O–H groups in total. The smallest absolute Gasteiger partial charge is 0.240 e. The Morgan fingerprint density at radius 1 is 1.24 bits per heavy atom. The van der Waals surface area contributed by atoms with Crippen LogP contribution in [0.1, 0.15) is 26.2 Å². The Kier molecular flexibility index (Phi) is 5.58. The van der Waals surface area contributed by atoms with Gasteiger partial charge in [0, 0.05) is 46.3 Å². The summed E-state index contributed by atoms with van der Waals surface area (Å²) in [5, 5.41) is 3.25. The van der Waals surface area contributed by atoms with Gasteiger partial charge in [-0.2, -0.15) is 0 Å². The summed E-state index contributed by atoms with van der Waals surface area (Å²) in [6.45, 7) is 5.55. The summed E-state index contributed by atoms with van der Waals surface area (Å²) in [5.41, 5.74) is 0. The minimum atomic E-state index is -0.224. The molecule has 2 unspecified atom stereocenters. The zero-order valence-electron chi connectivity index (χ0n) is 13.5. The summed E-state index contributed by atoms with van der Waals surface area (Å²) in [4.78, 5) is 30.4. The molecule has 2 fully saturated rings. The van der Waals surface area contributed by atoms with E-state index >= 15 is 0 Å². The van der Waals surface area contributed by atoms with E-state index in [1.165, 1.54) is 6.42 Å². The largest absolute Gasteiger partial charge is 0.347 e. The molecule has 0 aliphatic carbocycles. The number of carbonyl (C=O) groups is 2. The second-order valence-electron chi connectivity index (χ2n) is 6.35. The van der Waals surface area contributed by atoms with Gasteiger partial charge in [-0.3, -0.25) is 14.5 Å². The number of piperidine rings is 1. The molecule has 2 saturated heterocycles. The summed E-state index contributed by atoms with van der Waals surface area (Å²) in [5.74, 6) is 0.238. The lowest BCUT2D eigenvalue weighted by atomic mass is 10.0. The fraction of sp³-hybridized carbons (Fsp3) is 0.867. The van der Waals surface area contributed by atoms with E-state index in [-0.39, 0.29) is 17.9 Å². The summed E-state index contributed by atoms with van der Waals surface area (Å²) in [7, 11) is 3.54. The van der Waals surface area contributed by atoms with Crippen molar-refractivity contribution < 1.29 is 9.59 Å². The highest BCUT2D eigenvalue weighted by Crippen LogP contribution is 2.17. The quantitative estimate of drug-likeness (QED) is 0.780. The summed E-state index contributed by atoms with van der Waals surface area (Å²) < 4.78 is 0. The third-order valence-electron chi connectivity index (χ3n) is 4.54. The van der Waals surface area contributed by atoms with Crippen LogP contribution in [0.2, 0.25) is 0 Å². The van der Waals surface area contributed by atoms with Crippen LogP contribution in [0.5, 0.6) is 0 Å². The average molecular weight is 296 g/mol. The van der Waals surface area contributed by atoms with Crippen LogP contribution < -0.4 is 5.32 Å². The number of nitrogens with zero attached hydrogens (tertiary/aromatic N) is 3. The third kappa shape index (κ3) is 3.95. The van der Waals surface area contributed by atoms with Gasteiger partial charge in [0.1, 0.15) is 6.04 Å². The minimum Gasteiger partial charge on any atom is -0.347 e. The molecule has 2 aliphatic heterocycles. The third-order valence-corrected chi connectivity index (χ3v) is 4.54. The predicted molar refractivity (Wildman–Crippen MR) is 82.0 cm³/mol. The zero-order chi connectivity index (χ0) is 15.4. The maximum absolute atomic E-state index is 12.6. The minimum absolute atomic E-state index is 0.0710. The molecule has 0 saturated carbocycles. The molecule has 2 rings (SSSR count). The van der Waals surface area contributed by atoms with Crippen molar-refractivity contribution >= 4 is 11.8 Å². The van der Waals surface area contributed by atoms with Gasteiger partial charge in [0.05, 0.1) is 6.54 Å². The van der Waals surface area contributed by atoms with Crippen molar-refractivity contribution in [2.45, 2.75) is 38.3 Å². The first-order valence-electron chi connectivity index (χ1n) is 7.96. The van der Waals surface area contributed by atoms with Crippen molar-refractivity contribution in [3.05, 3.63) is 0 Å². The van der Waals surface area contributed by atoms with Gasteiger partial charge >= 0.3 is 0 Å². The number of amides is 2. The van der Waals surface area contributed by atoms with E-state index in [1.54, 1.807) is 19.0 Å². The molecule has 2 amide bonds. The lowest BCUT2D eigenvalue weighted by Gasteiger charge is -2.39. The molecule has 0 aromatic carbocycles. The number of hydrogen-bond acceptors (Lipinski definition) is 4. The average Bonchev–Trinajstić information content (AvgIpc) is 2.47. The van der Waals surface area contributed by atoms with Gasteiger partial charge in [0.15, 0.2) is 0 Å². The number of nitrogens with one attached hydrogen (secondary N) is 1. The first kappa shape index (κ1) is 16.2. The molecule has 2 atom stereocenters. The van der Waals surface area contributed by atoms with E-state index in [0.717, 1.165) is 32.5 Å². The Labute approximate surface area is 127 Å². The lowest BCUT2D eigenvalue weighted by molar-refractivity contribution is -0.140. The van der Waals surface area contributed by atoms with Crippen molar-refractivity contribution in [1.82, 2.24) is 20.0 Å². The van der Waals surface area contributed by atoms with Gasteiger partial charge in [-0.1, -0.05) is 0 Å². The normalized spacial score (nSPS) is 27.5. The van der Waals surface area contributed by atoms with E-state index in [2.05, 4.69) is 12.2 Å². The van der Waals surface area contributed by atoms with Gasteiger partial charge in [0.25, 0.3) is 0 Å². The Morgan fingerprint density at radius 3 is 2.67 bits per heavy atom. The van der Waals surface area contributed by atoms with Gasteiger partial charge in [0.2, 0.25) is 11.8 Å². The van der Waals surface area contributed by atoms with Crippen LogP contribution in [0.15, 0.2) is 0 Å². The predicted octanol–water partition coefficient (Wildman–Crippen LogP) is -0.251. The standard InChI is InChI=1S/C15H28N4O2/c1-12-6-4-5-8-19(12)14(20)11-18-9-7-16-10-13(18)15(21)17(2)3/h12-13,16H,4-11H2,1-3H3. The Bertz CT molecular complexity index is 386. The summed E-state index contributed by atoms with van der Waals surface area (Å²) in [6.07, 6.45) is 3.39. The van der Waals surface area contributed by atoms with Crippen LogP contribution in [-0.2, 0) is 9.59 Å². The highest BCUT2D eigenvalue weighted by Gasteiger charge is 2.33. The van der Waals surface area contributed by atoms with Crippen molar-refractivity contribution in [2.24, 2.45) is 0 Å². The van der Waals surface area contributed by atoms with Crippen molar-refractivity contribution in [2.75, 3.05) is 46.8 Å². The number of likely N-dealkylation sites (tertiary alicyclic amines) is 1. The van der Waals surface area contributed by atoms with Crippen LogP contribution in [0.3, 0.4) is 0 Å². The number of carbonyl (C=O) groups excluding carboxylic acids is 2. The molecule has 0 spiro atoms. The maximum atomic E-state index is 12.6. The molecular formula is C15H28N4O2. The zero-order valence-corrected chi connectivity index (χ0v) is 13.5. The second kappa shape index (κ2) is 7.22. The summed E-state index contributed by atoms with van der Waals surface area (Å²) >= 11 is 0. The molecule has 6 heteroatoms.